The Morgan fingerprint density at radius 1 is 0.500 bits per heavy atom. The van der Waals surface area contributed by atoms with Gasteiger partial charge in [-0.3, -0.25) is 0 Å². The summed E-state index contributed by atoms with van der Waals surface area (Å²) in [5, 5.41) is 0. The molecule has 0 aromatic heterocycles. The summed E-state index contributed by atoms with van der Waals surface area (Å²) < 4.78 is 118. The molecular formula is C6H4F10S2. The Hall–Kier alpha value is -0.000000000000000111. The van der Waals surface area contributed by atoms with E-state index in [0.717, 1.165) is 0 Å². The van der Waals surface area contributed by atoms with Crippen LogP contribution in [0, 0.1) is 0 Å². The van der Waals surface area contributed by atoms with Crippen LogP contribution in [-0.2, 0) is 0 Å². The standard InChI is InChI=1S/C6H4F10S2/c7-3(8,5(11,12)13)1-17-18-2-4(9,10)6(14,15)16/h1-2H2. The van der Waals surface area contributed by atoms with Gasteiger partial charge in [0.25, 0.3) is 0 Å². The minimum Gasteiger partial charge on any atom is -0.195 e. The molecule has 0 aromatic rings. The van der Waals surface area contributed by atoms with Crippen LogP contribution >= 0.6 is 21.6 Å². The van der Waals surface area contributed by atoms with Gasteiger partial charge in [0.2, 0.25) is 0 Å². The average molecular weight is 330 g/mol. The van der Waals surface area contributed by atoms with Gasteiger partial charge in [-0.25, -0.2) is 0 Å². The van der Waals surface area contributed by atoms with Gasteiger partial charge in [0, 0.05) is 0 Å². The van der Waals surface area contributed by atoms with E-state index in [1.807, 2.05) is 0 Å². The molecule has 0 spiro atoms. The van der Waals surface area contributed by atoms with E-state index in [4.69, 9.17) is 0 Å². The zero-order valence-electron chi connectivity index (χ0n) is 8.01. The van der Waals surface area contributed by atoms with Gasteiger partial charge in [0.05, 0.1) is 11.5 Å². The minimum atomic E-state index is -5.87. The van der Waals surface area contributed by atoms with Gasteiger partial charge in [0.1, 0.15) is 0 Å². The van der Waals surface area contributed by atoms with E-state index in [0.29, 0.717) is 0 Å². The summed E-state index contributed by atoms with van der Waals surface area (Å²) in [7, 11) is -0.807. The second kappa shape index (κ2) is 5.55. The second-order valence-corrected chi connectivity index (χ2v) is 5.39. The average Bonchev–Trinajstić information content (AvgIpc) is 2.08. The third-order valence-corrected chi connectivity index (χ3v) is 3.73. The molecule has 0 saturated carbocycles. The van der Waals surface area contributed by atoms with Crippen LogP contribution in [0.1, 0.15) is 0 Å². The van der Waals surface area contributed by atoms with Crippen molar-refractivity contribution in [3.05, 3.63) is 0 Å². The monoisotopic (exact) mass is 330 g/mol. The highest BCUT2D eigenvalue weighted by molar-refractivity contribution is 8.76. The third-order valence-electron chi connectivity index (χ3n) is 1.39. The molecule has 0 rings (SSSR count). The zero-order valence-corrected chi connectivity index (χ0v) is 9.64. The molecule has 0 aliphatic carbocycles. The van der Waals surface area contributed by atoms with Crippen molar-refractivity contribution in [1.82, 2.24) is 0 Å². The first-order chi connectivity index (χ1) is 7.71. The predicted octanol–water partition coefficient (Wildman–Crippen LogP) is 4.76. The summed E-state index contributed by atoms with van der Waals surface area (Å²) in [6.07, 6.45) is -11.7. The van der Waals surface area contributed by atoms with Crippen molar-refractivity contribution in [3.8, 4) is 0 Å². The lowest BCUT2D eigenvalue weighted by Gasteiger charge is -2.20. The van der Waals surface area contributed by atoms with Crippen molar-refractivity contribution in [2.24, 2.45) is 0 Å². The Morgan fingerprint density at radius 3 is 0.889 bits per heavy atom. The largest absolute Gasteiger partial charge is 0.454 e. The number of rotatable bonds is 5. The lowest BCUT2D eigenvalue weighted by molar-refractivity contribution is -0.271. The van der Waals surface area contributed by atoms with Crippen LogP contribution in [-0.4, -0.2) is 35.7 Å². The van der Waals surface area contributed by atoms with Crippen LogP contribution in [0.5, 0.6) is 0 Å². The number of halogens is 10. The number of hydrogen-bond donors (Lipinski definition) is 0. The highest BCUT2D eigenvalue weighted by Gasteiger charge is 2.59. The fraction of sp³-hybridized carbons (Fsp3) is 1.00. The van der Waals surface area contributed by atoms with Gasteiger partial charge in [-0.2, -0.15) is 43.9 Å². The van der Waals surface area contributed by atoms with Gasteiger partial charge in [-0.15, -0.1) is 0 Å². The van der Waals surface area contributed by atoms with E-state index in [9.17, 15) is 43.9 Å². The molecule has 0 aliphatic rings. The summed E-state index contributed by atoms with van der Waals surface area (Å²) in [4.78, 5) is 0. The first-order valence-corrected chi connectivity index (χ1v) is 6.33. The predicted molar refractivity (Wildman–Crippen MR) is 46.9 cm³/mol. The lowest BCUT2D eigenvalue weighted by atomic mass is 10.4. The lowest BCUT2D eigenvalue weighted by Crippen LogP contribution is -2.39. The van der Waals surface area contributed by atoms with Crippen LogP contribution in [0.25, 0.3) is 0 Å². The Kier molecular flexibility index (Phi) is 5.55. The van der Waals surface area contributed by atoms with Crippen LogP contribution < -0.4 is 0 Å². The van der Waals surface area contributed by atoms with Crippen molar-refractivity contribution in [2.45, 2.75) is 24.2 Å². The molecule has 18 heavy (non-hydrogen) atoms. The van der Waals surface area contributed by atoms with Crippen LogP contribution in [0.4, 0.5) is 43.9 Å². The molecule has 0 aliphatic heterocycles. The molecule has 110 valence electrons. The van der Waals surface area contributed by atoms with Gasteiger partial charge in [-0.05, 0) is 0 Å². The minimum absolute atomic E-state index is 0.403. The SMILES string of the molecule is FC(F)(F)C(F)(F)CSSCC(F)(F)C(F)(F)F. The third kappa shape index (κ3) is 4.94. The highest BCUT2D eigenvalue weighted by Crippen LogP contribution is 2.44. The quantitative estimate of drug-likeness (QED) is 0.405. The summed E-state index contributed by atoms with van der Waals surface area (Å²) in [6.45, 7) is 0. The van der Waals surface area contributed by atoms with Crippen molar-refractivity contribution in [2.75, 3.05) is 11.5 Å². The Labute approximate surface area is 102 Å². The number of alkyl halides is 10. The van der Waals surface area contributed by atoms with Crippen LogP contribution in [0.3, 0.4) is 0 Å². The van der Waals surface area contributed by atoms with Gasteiger partial charge in [0.15, 0.2) is 0 Å². The Morgan fingerprint density at radius 2 is 0.722 bits per heavy atom. The molecular weight excluding hydrogens is 326 g/mol. The van der Waals surface area contributed by atoms with E-state index < -0.39 is 57.3 Å². The van der Waals surface area contributed by atoms with E-state index in [2.05, 4.69) is 0 Å². The first kappa shape index (κ1) is 18.0. The molecule has 0 aromatic carbocycles. The fourth-order valence-electron chi connectivity index (χ4n) is 0.395. The Bertz CT molecular complexity index is 239. The summed E-state index contributed by atoms with van der Waals surface area (Å²) in [5.41, 5.74) is 0. The molecule has 12 heteroatoms. The summed E-state index contributed by atoms with van der Waals surface area (Å²) in [6, 6.07) is 0. The molecule has 0 nitrogen and oxygen atoms in total. The first-order valence-electron chi connectivity index (χ1n) is 3.84. The van der Waals surface area contributed by atoms with Gasteiger partial charge in [-0.1, -0.05) is 21.6 Å². The maximum absolute atomic E-state index is 12.2. The van der Waals surface area contributed by atoms with Crippen LogP contribution in [0.15, 0.2) is 0 Å². The maximum atomic E-state index is 12.2. The summed E-state index contributed by atoms with van der Waals surface area (Å²) in [5.74, 6) is -14.2. The smallest absolute Gasteiger partial charge is 0.195 e. The van der Waals surface area contributed by atoms with Crippen molar-refractivity contribution in [3.63, 3.8) is 0 Å². The fourth-order valence-corrected chi connectivity index (χ4v) is 2.57. The second-order valence-electron chi connectivity index (χ2n) is 2.93. The zero-order chi connectivity index (χ0) is 14.8. The number of hydrogen-bond acceptors (Lipinski definition) is 2. The van der Waals surface area contributed by atoms with Crippen molar-refractivity contribution < 1.29 is 43.9 Å². The normalized spacial score (nSPS) is 15.0. The molecule has 0 heterocycles. The van der Waals surface area contributed by atoms with E-state index in [-0.39, 0.29) is 0 Å². The molecule has 0 radical (unpaired) electrons. The topological polar surface area (TPSA) is 0 Å². The van der Waals surface area contributed by atoms with Gasteiger partial charge >= 0.3 is 24.2 Å². The molecule has 0 amide bonds. The van der Waals surface area contributed by atoms with Gasteiger partial charge < -0.3 is 0 Å². The Balaban J connectivity index is 4.17. The molecule has 0 saturated heterocycles. The molecule has 0 N–H and O–H groups in total. The van der Waals surface area contributed by atoms with Crippen LogP contribution in [0.2, 0.25) is 0 Å². The molecule has 0 fully saturated rings. The van der Waals surface area contributed by atoms with E-state index >= 15 is 0 Å². The maximum Gasteiger partial charge on any atom is 0.454 e. The van der Waals surface area contributed by atoms with Crippen molar-refractivity contribution in [1.29, 1.82) is 0 Å². The van der Waals surface area contributed by atoms with Crippen molar-refractivity contribution >= 4 is 21.6 Å². The van der Waals surface area contributed by atoms with E-state index in [1.165, 1.54) is 0 Å². The molecule has 0 unspecified atom stereocenters. The van der Waals surface area contributed by atoms with E-state index in [1.54, 1.807) is 0 Å². The summed E-state index contributed by atoms with van der Waals surface area (Å²) >= 11 is 0. The highest BCUT2D eigenvalue weighted by atomic mass is 33.1. The molecule has 0 atom stereocenters. The molecule has 0 bridgehead atoms.